The third-order valence-electron chi connectivity index (χ3n) is 8.89. The van der Waals surface area contributed by atoms with E-state index in [1.807, 2.05) is 64.2 Å². The zero-order chi connectivity index (χ0) is 29.9. The Morgan fingerprint density at radius 2 is 1.74 bits per heavy atom. The van der Waals surface area contributed by atoms with E-state index in [0.717, 1.165) is 67.0 Å². The summed E-state index contributed by atoms with van der Waals surface area (Å²) >= 11 is 0. The van der Waals surface area contributed by atoms with Crippen molar-refractivity contribution in [2.45, 2.75) is 51.9 Å². The van der Waals surface area contributed by atoms with Gasteiger partial charge in [0.25, 0.3) is 11.8 Å². The number of likely N-dealkylation sites (tertiary alicyclic amines) is 1. The van der Waals surface area contributed by atoms with Crippen molar-refractivity contribution in [1.82, 2.24) is 14.7 Å². The Balaban J connectivity index is 1.25. The summed E-state index contributed by atoms with van der Waals surface area (Å²) in [5.74, 6) is 1.90. The van der Waals surface area contributed by atoms with Gasteiger partial charge in [0.2, 0.25) is 0 Å². The van der Waals surface area contributed by atoms with Crippen LogP contribution in [0.15, 0.2) is 60.7 Å². The van der Waals surface area contributed by atoms with Crippen molar-refractivity contribution in [2.75, 3.05) is 38.8 Å². The number of hydrogen-bond acceptors (Lipinski definition) is 5. The number of ether oxygens (including phenoxy) is 2. The highest BCUT2D eigenvalue weighted by Gasteiger charge is 2.30. The van der Waals surface area contributed by atoms with Crippen molar-refractivity contribution in [3.05, 3.63) is 88.8 Å². The minimum absolute atomic E-state index is 0.0960. The summed E-state index contributed by atoms with van der Waals surface area (Å²) in [5.41, 5.74) is 5.75. The zero-order valence-electron chi connectivity index (χ0n) is 25.3. The number of carbonyl (C=O) groups is 2. The Morgan fingerprint density at radius 1 is 0.884 bits per heavy atom. The Bertz CT molecular complexity index is 1590. The van der Waals surface area contributed by atoms with Crippen molar-refractivity contribution < 1.29 is 19.1 Å². The van der Waals surface area contributed by atoms with Gasteiger partial charge in [0.05, 0.1) is 19.9 Å². The van der Waals surface area contributed by atoms with Crippen LogP contribution in [0.5, 0.6) is 11.5 Å². The molecular formula is C35H40N4O4. The standard InChI is InChI=1S/C35H40N4O4/c1-24-9-7-8-18-37(19-16-24)34(40)27-12-14-30-26(21-27)17-20-38(30)35(41)29-23-28-10-5-4-6-11-31(39(28)36-29)25-13-15-32(42-2)33(22-25)43-3/h4,6,11-15,21-24H,5,7-10,16-20H2,1-3H3/b6-4-,31-11-. The molecule has 1 atom stereocenters. The summed E-state index contributed by atoms with van der Waals surface area (Å²) in [7, 11) is 3.23. The molecule has 43 heavy (non-hydrogen) atoms. The molecule has 3 aromatic rings. The van der Waals surface area contributed by atoms with Crippen LogP contribution in [-0.2, 0) is 12.8 Å². The van der Waals surface area contributed by atoms with Crippen LogP contribution in [0.1, 0.15) is 76.7 Å². The molecule has 4 heterocycles. The van der Waals surface area contributed by atoms with E-state index in [9.17, 15) is 9.59 Å². The van der Waals surface area contributed by atoms with E-state index in [-0.39, 0.29) is 11.8 Å². The molecule has 3 aliphatic heterocycles. The summed E-state index contributed by atoms with van der Waals surface area (Å²) < 4.78 is 12.8. The summed E-state index contributed by atoms with van der Waals surface area (Å²) in [5, 5.41) is 4.85. The van der Waals surface area contributed by atoms with Gasteiger partial charge in [-0.1, -0.05) is 31.9 Å². The van der Waals surface area contributed by atoms with E-state index in [4.69, 9.17) is 14.6 Å². The first-order chi connectivity index (χ1) is 21.0. The molecule has 0 radical (unpaired) electrons. The Labute approximate surface area is 253 Å². The fourth-order valence-corrected chi connectivity index (χ4v) is 6.38. The third-order valence-corrected chi connectivity index (χ3v) is 8.89. The van der Waals surface area contributed by atoms with Crippen LogP contribution in [0.3, 0.4) is 0 Å². The molecule has 2 aromatic carbocycles. The quantitative estimate of drug-likeness (QED) is 0.362. The van der Waals surface area contributed by atoms with Gasteiger partial charge in [0.15, 0.2) is 17.2 Å². The maximum absolute atomic E-state index is 13.9. The highest BCUT2D eigenvalue weighted by Crippen LogP contribution is 2.34. The lowest BCUT2D eigenvalue weighted by Gasteiger charge is -2.27. The fourth-order valence-electron chi connectivity index (χ4n) is 6.38. The molecule has 1 fully saturated rings. The molecule has 1 aromatic heterocycles. The average molecular weight is 581 g/mol. The number of hydrogen-bond donors (Lipinski definition) is 0. The fraction of sp³-hybridized carbons (Fsp3) is 0.400. The first-order valence-electron chi connectivity index (χ1n) is 15.4. The molecule has 1 saturated heterocycles. The molecule has 0 N–H and O–H groups in total. The summed E-state index contributed by atoms with van der Waals surface area (Å²) in [4.78, 5) is 31.1. The maximum atomic E-state index is 13.9. The van der Waals surface area contributed by atoms with Crippen LogP contribution in [0.25, 0.3) is 5.70 Å². The van der Waals surface area contributed by atoms with Gasteiger partial charge in [0.1, 0.15) is 0 Å². The van der Waals surface area contributed by atoms with E-state index in [1.165, 1.54) is 12.8 Å². The number of benzene rings is 2. The highest BCUT2D eigenvalue weighted by molar-refractivity contribution is 6.06. The van der Waals surface area contributed by atoms with Gasteiger partial charge in [0, 0.05) is 42.1 Å². The Kier molecular flexibility index (Phi) is 8.36. The second-order valence-corrected chi connectivity index (χ2v) is 11.8. The first kappa shape index (κ1) is 28.8. The largest absolute Gasteiger partial charge is 0.493 e. The minimum Gasteiger partial charge on any atom is -0.493 e. The van der Waals surface area contributed by atoms with Gasteiger partial charge < -0.3 is 19.3 Å². The molecular weight excluding hydrogens is 540 g/mol. The molecule has 6 rings (SSSR count). The number of fused-ring (bicyclic) bond motifs is 2. The summed E-state index contributed by atoms with van der Waals surface area (Å²) in [6, 6.07) is 13.5. The van der Waals surface area contributed by atoms with E-state index in [2.05, 4.69) is 13.0 Å². The van der Waals surface area contributed by atoms with Gasteiger partial charge in [-0.15, -0.1) is 0 Å². The van der Waals surface area contributed by atoms with Gasteiger partial charge in [-0.25, -0.2) is 4.68 Å². The van der Waals surface area contributed by atoms with Crippen LogP contribution in [0.2, 0.25) is 0 Å². The Morgan fingerprint density at radius 3 is 2.58 bits per heavy atom. The monoisotopic (exact) mass is 580 g/mol. The predicted molar refractivity (Wildman–Crippen MR) is 168 cm³/mol. The summed E-state index contributed by atoms with van der Waals surface area (Å²) in [6.07, 6.45) is 13.0. The third kappa shape index (κ3) is 5.83. The molecule has 2 amide bonds. The van der Waals surface area contributed by atoms with Crippen molar-refractivity contribution in [1.29, 1.82) is 0 Å². The second kappa shape index (κ2) is 12.5. The summed E-state index contributed by atoms with van der Waals surface area (Å²) in [6.45, 7) is 4.46. The predicted octanol–water partition coefficient (Wildman–Crippen LogP) is 6.15. The van der Waals surface area contributed by atoms with E-state index >= 15 is 0 Å². The molecule has 8 heteroatoms. The molecule has 1 unspecified atom stereocenters. The second-order valence-electron chi connectivity index (χ2n) is 11.8. The first-order valence-corrected chi connectivity index (χ1v) is 15.4. The zero-order valence-corrected chi connectivity index (χ0v) is 25.3. The number of nitrogens with zero attached hydrogens (tertiary/aromatic N) is 4. The van der Waals surface area contributed by atoms with Gasteiger partial charge in [-0.05, 0) is 92.1 Å². The topological polar surface area (TPSA) is 76.9 Å². The van der Waals surface area contributed by atoms with Crippen molar-refractivity contribution in [2.24, 2.45) is 5.92 Å². The molecule has 3 aliphatic rings. The van der Waals surface area contributed by atoms with Gasteiger partial charge in [-0.3, -0.25) is 9.59 Å². The number of rotatable bonds is 5. The molecule has 224 valence electrons. The maximum Gasteiger partial charge on any atom is 0.278 e. The number of anilines is 1. The van der Waals surface area contributed by atoms with E-state index in [1.54, 1.807) is 19.1 Å². The van der Waals surface area contributed by atoms with Crippen LogP contribution in [0, 0.1) is 5.92 Å². The molecule has 0 saturated carbocycles. The van der Waals surface area contributed by atoms with Crippen LogP contribution in [0.4, 0.5) is 5.69 Å². The number of aryl methyl sites for hydroxylation is 1. The number of carbonyl (C=O) groups excluding carboxylic acids is 2. The number of aromatic nitrogens is 2. The number of amides is 2. The molecule has 0 spiro atoms. The molecule has 8 nitrogen and oxygen atoms in total. The van der Waals surface area contributed by atoms with Gasteiger partial charge >= 0.3 is 0 Å². The number of allylic oxidation sites excluding steroid dienone is 3. The SMILES string of the molecule is COc1ccc(/C2=C/C=C\CCc3cc(C(=O)N4CCc5cc(C(=O)N6CCCCC(C)CC6)ccc54)nn32)cc1OC. The molecule has 0 aliphatic carbocycles. The lowest BCUT2D eigenvalue weighted by Crippen LogP contribution is -2.35. The number of methoxy groups -OCH3 is 2. The molecule has 0 bridgehead atoms. The normalized spacial score (nSPS) is 20.4. The van der Waals surface area contributed by atoms with Crippen LogP contribution in [-0.4, -0.2) is 60.3 Å². The minimum atomic E-state index is -0.130. The highest BCUT2D eigenvalue weighted by atomic mass is 16.5. The lowest BCUT2D eigenvalue weighted by molar-refractivity contribution is 0.0732. The van der Waals surface area contributed by atoms with Crippen molar-refractivity contribution >= 4 is 23.2 Å². The van der Waals surface area contributed by atoms with E-state index < -0.39 is 0 Å². The average Bonchev–Trinajstić information content (AvgIpc) is 3.62. The smallest absolute Gasteiger partial charge is 0.278 e. The van der Waals surface area contributed by atoms with Crippen molar-refractivity contribution in [3.63, 3.8) is 0 Å². The van der Waals surface area contributed by atoms with Gasteiger partial charge in [-0.2, -0.15) is 5.10 Å². The lowest BCUT2D eigenvalue weighted by atomic mass is 9.97. The Hall–Kier alpha value is -4.33. The van der Waals surface area contributed by atoms with E-state index in [0.29, 0.717) is 41.6 Å². The van der Waals surface area contributed by atoms with Crippen molar-refractivity contribution in [3.8, 4) is 11.5 Å². The van der Waals surface area contributed by atoms with Crippen LogP contribution < -0.4 is 14.4 Å². The van der Waals surface area contributed by atoms with Crippen LogP contribution >= 0.6 is 0 Å².